The van der Waals surface area contributed by atoms with Gasteiger partial charge in [-0.25, -0.2) is 0 Å². The lowest BCUT2D eigenvalue weighted by atomic mass is 10.3. The zero-order valence-corrected chi connectivity index (χ0v) is 7.49. The fourth-order valence-corrected chi connectivity index (χ4v) is 1.46. The smallest absolute Gasteiger partial charge is 0.168 e. The molecular weight excluding hydrogens is 158 g/mol. The van der Waals surface area contributed by atoms with Crippen LogP contribution in [0.1, 0.15) is 12.8 Å². The Morgan fingerprint density at radius 2 is 2.45 bits per heavy atom. The Labute approximate surface area is 72.9 Å². The van der Waals surface area contributed by atoms with Crippen LogP contribution in [0.4, 0.5) is 0 Å². The molecule has 0 aromatic rings. The Morgan fingerprint density at radius 3 is 3.09 bits per heavy atom. The van der Waals surface area contributed by atoms with Crippen molar-refractivity contribution in [3.8, 4) is 0 Å². The van der Waals surface area contributed by atoms with Crippen LogP contribution in [-0.4, -0.2) is 36.2 Å². The third-order valence-corrected chi connectivity index (χ3v) is 2.20. The van der Waals surface area contributed by atoms with Crippen molar-refractivity contribution in [3.05, 3.63) is 0 Å². The average molecular weight is 173 g/mol. The molecule has 0 aliphatic carbocycles. The molecule has 0 unspecified atom stereocenters. The standard InChI is InChI=1S/C7H15N3S/c8-3-1-5-10-6-2-4-9-7(10)11/h1-6,8H2,(H,9,11). The van der Waals surface area contributed by atoms with Crippen molar-refractivity contribution >= 4 is 17.3 Å². The SMILES string of the molecule is NCCCN1CCCNC1=S. The number of nitrogens with zero attached hydrogens (tertiary/aromatic N) is 1. The Kier molecular flexibility index (Phi) is 3.59. The van der Waals surface area contributed by atoms with E-state index in [1.165, 1.54) is 6.42 Å². The fraction of sp³-hybridized carbons (Fsp3) is 0.857. The molecule has 1 saturated heterocycles. The Morgan fingerprint density at radius 1 is 1.64 bits per heavy atom. The summed E-state index contributed by atoms with van der Waals surface area (Å²) in [5.74, 6) is 0. The van der Waals surface area contributed by atoms with Crippen LogP contribution in [0, 0.1) is 0 Å². The second kappa shape index (κ2) is 4.51. The van der Waals surface area contributed by atoms with E-state index in [1.807, 2.05) is 0 Å². The third kappa shape index (κ3) is 2.63. The topological polar surface area (TPSA) is 41.3 Å². The highest BCUT2D eigenvalue weighted by atomic mass is 32.1. The second-order valence-corrected chi connectivity index (χ2v) is 3.10. The van der Waals surface area contributed by atoms with Crippen LogP contribution in [0.3, 0.4) is 0 Å². The third-order valence-electron chi connectivity index (χ3n) is 1.80. The van der Waals surface area contributed by atoms with Crippen molar-refractivity contribution in [1.82, 2.24) is 10.2 Å². The van der Waals surface area contributed by atoms with E-state index in [-0.39, 0.29) is 0 Å². The number of hydrogen-bond donors (Lipinski definition) is 2. The molecule has 3 nitrogen and oxygen atoms in total. The number of thiocarbonyl (C=S) groups is 1. The summed E-state index contributed by atoms with van der Waals surface area (Å²) in [5, 5.41) is 4.05. The van der Waals surface area contributed by atoms with Gasteiger partial charge in [-0.15, -0.1) is 0 Å². The van der Waals surface area contributed by atoms with Crippen LogP contribution >= 0.6 is 12.2 Å². The van der Waals surface area contributed by atoms with Gasteiger partial charge in [-0.2, -0.15) is 0 Å². The van der Waals surface area contributed by atoms with Gasteiger partial charge in [0.05, 0.1) is 0 Å². The van der Waals surface area contributed by atoms with Crippen LogP contribution in [0.5, 0.6) is 0 Å². The van der Waals surface area contributed by atoms with Crippen molar-refractivity contribution < 1.29 is 0 Å². The lowest BCUT2D eigenvalue weighted by Crippen LogP contribution is -2.46. The maximum Gasteiger partial charge on any atom is 0.168 e. The molecule has 1 aliphatic heterocycles. The molecule has 0 aromatic heterocycles. The maximum atomic E-state index is 5.40. The van der Waals surface area contributed by atoms with Crippen LogP contribution in [-0.2, 0) is 0 Å². The van der Waals surface area contributed by atoms with E-state index in [0.29, 0.717) is 0 Å². The first-order valence-corrected chi connectivity index (χ1v) is 4.48. The van der Waals surface area contributed by atoms with Gasteiger partial charge in [-0.1, -0.05) is 0 Å². The molecule has 0 amide bonds. The van der Waals surface area contributed by atoms with E-state index in [9.17, 15) is 0 Å². The summed E-state index contributed by atoms with van der Waals surface area (Å²) in [6, 6.07) is 0. The second-order valence-electron chi connectivity index (χ2n) is 2.71. The highest BCUT2D eigenvalue weighted by molar-refractivity contribution is 7.80. The Hall–Kier alpha value is -0.350. The van der Waals surface area contributed by atoms with Crippen molar-refractivity contribution in [2.45, 2.75) is 12.8 Å². The molecule has 0 aromatic carbocycles. The summed E-state index contributed by atoms with van der Waals surface area (Å²) >= 11 is 5.11. The highest BCUT2D eigenvalue weighted by Gasteiger charge is 2.11. The van der Waals surface area contributed by atoms with Crippen LogP contribution < -0.4 is 11.1 Å². The van der Waals surface area contributed by atoms with Crippen molar-refractivity contribution in [3.63, 3.8) is 0 Å². The van der Waals surface area contributed by atoms with Gasteiger partial charge in [0.1, 0.15) is 0 Å². The predicted octanol–water partition coefficient (Wildman–Crippen LogP) is -0.0846. The highest BCUT2D eigenvalue weighted by Crippen LogP contribution is 1.99. The molecule has 1 rings (SSSR count). The first-order valence-electron chi connectivity index (χ1n) is 4.07. The van der Waals surface area contributed by atoms with Crippen molar-refractivity contribution in [2.24, 2.45) is 5.73 Å². The molecule has 0 radical (unpaired) electrons. The first-order chi connectivity index (χ1) is 5.34. The molecule has 1 heterocycles. The first kappa shape index (κ1) is 8.74. The minimum atomic E-state index is 0.749. The van der Waals surface area contributed by atoms with Gasteiger partial charge >= 0.3 is 0 Å². The largest absolute Gasteiger partial charge is 0.362 e. The summed E-state index contributed by atoms with van der Waals surface area (Å²) in [6.07, 6.45) is 2.21. The number of rotatable bonds is 3. The molecule has 0 atom stereocenters. The van der Waals surface area contributed by atoms with E-state index < -0.39 is 0 Å². The summed E-state index contributed by atoms with van der Waals surface area (Å²) < 4.78 is 0. The lowest BCUT2D eigenvalue weighted by Gasteiger charge is -2.29. The summed E-state index contributed by atoms with van der Waals surface area (Å²) in [7, 11) is 0. The van der Waals surface area contributed by atoms with Gasteiger partial charge in [-0.3, -0.25) is 0 Å². The van der Waals surface area contributed by atoms with Crippen molar-refractivity contribution in [1.29, 1.82) is 0 Å². The zero-order chi connectivity index (χ0) is 8.10. The molecular formula is C7H15N3S. The average Bonchev–Trinajstić information content (AvgIpc) is 2.03. The molecule has 1 fully saturated rings. The molecule has 64 valence electrons. The monoisotopic (exact) mass is 173 g/mol. The molecule has 1 aliphatic rings. The van der Waals surface area contributed by atoms with Gasteiger partial charge in [0.15, 0.2) is 5.11 Å². The van der Waals surface area contributed by atoms with Crippen LogP contribution in [0.25, 0.3) is 0 Å². The van der Waals surface area contributed by atoms with Gasteiger partial charge in [0.25, 0.3) is 0 Å². The predicted molar refractivity (Wildman–Crippen MR) is 50.5 cm³/mol. The van der Waals surface area contributed by atoms with Gasteiger partial charge < -0.3 is 16.0 Å². The Bertz CT molecular complexity index is 138. The van der Waals surface area contributed by atoms with Gasteiger partial charge in [0.2, 0.25) is 0 Å². The molecule has 0 spiro atoms. The Balaban J connectivity index is 2.24. The van der Waals surface area contributed by atoms with E-state index in [2.05, 4.69) is 10.2 Å². The van der Waals surface area contributed by atoms with Crippen LogP contribution in [0.15, 0.2) is 0 Å². The zero-order valence-electron chi connectivity index (χ0n) is 6.68. The van der Waals surface area contributed by atoms with E-state index in [1.54, 1.807) is 0 Å². The fourth-order valence-electron chi connectivity index (χ4n) is 1.17. The normalized spacial score (nSPS) is 18.3. The van der Waals surface area contributed by atoms with E-state index in [0.717, 1.165) is 37.7 Å². The quantitative estimate of drug-likeness (QED) is 0.586. The molecule has 3 N–H and O–H groups in total. The number of nitrogens with one attached hydrogen (secondary N) is 1. The maximum absolute atomic E-state index is 5.40. The number of hydrogen-bond acceptors (Lipinski definition) is 2. The van der Waals surface area contributed by atoms with E-state index >= 15 is 0 Å². The molecule has 0 saturated carbocycles. The van der Waals surface area contributed by atoms with Gasteiger partial charge in [0, 0.05) is 19.6 Å². The van der Waals surface area contributed by atoms with E-state index in [4.69, 9.17) is 18.0 Å². The molecule has 11 heavy (non-hydrogen) atoms. The molecule has 4 heteroatoms. The summed E-state index contributed by atoms with van der Waals surface area (Å²) in [5.41, 5.74) is 5.40. The minimum Gasteiger partial charge on any atom is -0.362 e. The summed E-state index contributed by atoms with van der Waals surface area (Å²) in [6.45, 7) is 3.87. The lowest BCUT2D eigenvalue weighted by molar-refractivity contribution is 0.372. The summed E-state index contributed by atoms with van der Waals surface area (Å²) in [4.78, 5) is 2.19. The van der Waals surface area contributed by atoms with Crippen molar-refractivity contribution in [2.75, 3.05) is 26.2 Å². The number of nitrogens with two attached hydrogens (primary N) is 1. The van der Waals surface area contributed by atoms with Crippen LogP contribution in [0.2, 0.25) is 0 Å². The van der Waals surface area contributed by atoms with Gasteiger partial charge in [-0.05, 0) is 31.6 Å². The minimum absolute atomic E-state index is 0.749. The molecule has 0 bridgehead atoms.